The Balaban J connectivity index is 1.91. The van der Waals surface area contributed by atoms with Crippen LogP contribution in [0.3, 0.4) is 0 Å². The number of fused-ring (bicyclic) bond motifs is 1. The lowest BCUT2D eigenvalue weighted by atomic mass is 9.89. The van der Waals surface area contributed by atoms with Gasteiger partial charge in [-0.1, -0.05) is 37.5 Å². The fourth-order valence-electron chi connectivity index (χ4n) is 3.74. The molecule has 1 N–H and O–H groups in total. The van der Waals surface area contributed by atoms with Gasteiger partial charge in [-0.05, 0) is 31.4 Å². The zero-order chi connectivity index (χ0) is 16.2. The molecule has 0 bridgehead atoms. The Morgan fingerprint density at radius 3 is 2.74 bits per heavy atom. The number of urea groups is 1. The minimum atomic E-state index is -0.247. The molecule has 1 aliphatic heterocycles. The number of benzene rings is 1. The van der Waals surface area contributed by atoms with Crippen LogP contribution in [-0.2, 0) is 9.53 Å². The van der Waals surface area contributed by atoms with E-state index in [4.69, 9.17) is 4.74 Å². The van der Waals surface area contributed by atoms with E-state index in [2.05, 4.69) is 5.32 Å². The first-order chi connectivity index (χ1) is 11.2. The Bertz CT molecular complexity index is 581. The van der Waals surface area contributed by atoms with Gasteiger partial charge in [-0.15, -0.1) is 0 Å². The smallest absolute Gasteiger partial charge is 0.322 e. The predicted octanol–water partition coefficient (Wildman–Crippen LogP) is 3.86. The number of carbonyl (C=O) groups excluding carboxylic acids is 2. The average molecular weight is 316 g/mol. The van der Waals surface area contributed by atoms with E-state index in [9.17, 15) is 9.59 Å². The molecule has 1 heterocycles. The fourth-order valence-corrected chi connectivity index (χ4v) is 3.74. The summed E-state index contributed by atoms with van der Waals surface area (Å²) in [5, 5.41) is 2.98. The van der Waals surface area contributed by atoms with Crippen LogP contribution in [0.4, 0.5) is 10.5 Å². The number of rotatable bonds is 4. The van der Waals surface area contributed by atoms with E-state index in [0.29, 0.717) is 6.61 Å². The monoisotopic (exact) mass is 316 g/mol. The molecule has 3 rings (SSSR count). The summed E-state index contributed by atoms with van der Waals surface area (Å²) in [6.45, 7) is 2.17. The second kappa shape index (κ2) is 7.02. The minimum Gasteiger partial charge on any atom is -0.466 e. The van der Waals surface area contributed by atoms with Crippen LogP contribution in [0.1, 0.15) is 57.1 Å². The molecule has 124 valence electrons. The van der Waals surface area contributed by atoms with Gasteiger partial charge in [0.1, 0.15) is 0 Å². The Kier molecular flexibility index (Phi) is 4.84. The van der Waals surface area contributed by atoms with Gasteiger partial charge in [-0.3, -0.25) is 4.79 Å². The molecule has 0 radical (unpaired) electrons. The normalized spacial score (nSPS) is 21.5. The summed E-state index contributed by atoms with van der Waals surface area (Å²) in [5.74, 6) is -0.247. The van der Waals surface area contributed by atoms with Crippen molar-refractivity contribution in [1.82, 2.24) is 4.90 Å². The van der Waals surface area contributed by atoms with Crippen LogP contribution >= 0.6 is 0 Å². The summed E-state index contributed by atoms with van der Waals surface area (Å²) in [6, 6.07) is 7.62. The first-order valence-electron chi connectivity index (χ1n) is 8.54. The van der Waals surface area contributed by atoms with Crippen molar-refractivity contribution in [3.8, 4) is 0 Å². The highest BCUT2D eigenvalue weighted by atomic mass is 16.5. The molecule has 23 heavy (non-hydrogen) atoms. The van der Waals surface area contributed by atoms with Gasteiger partial charge < -0.3 is 15.0 Å². The summed E-state index contributed by atoms with van der Waals surface area (Å²) in [5.41, 5.74) is 1.81. The molecular weight excluding hydrogens is 292 g/mol. The average Bonchev–Trinajstić information content (AvgIpc) is 2.56. The van der Waals surface area contributed by atoms with E-state index < -0.39 is 0 Å². The maximum absolute atomic E-state index is 12.7. The largest absolute Gasteiger partial charge is 0.466 e. The van der Waals surface area contributed by atoms with E-state index >= 15 is 0 Å². The van der Waals surface area contributed by atoms with Crippen LogP contribution in [0.5, 0.6) is 0 Å². The number of ether oxygens (including phenoxy) is 1. The Hall–Kier alpha value is -2.04. The summed E-state index contributed by atoms with van der Waals surface area (Å²) in [4.78, 5) is 26.6. The third-order valence-electron chi connectivity index (χ3n) is 4.77. The van der Waals surface area contributed by atoms with Gasteiger partial charge in [0.25, 0.3) is 0 Å². The summed E-state index contributed by atoms with van der Waals surface area (Å²) in [7, 11) is 0. The third-order valence-corrected chi connectivity index (χ3v) is 4.77. The quantitative estimate of drug-likeness (QED) is 0.858. The van der Waals surface area contributed by atoms with Crippen LogP contribution in [-0.4, -0.2) is 29.5 Å². The number of carbonyl (C=O) groups is 2. The topological polar surface area (TPSA) is 58.6 Å². The van der Waals surface area contributed by atoms with E-state index in [1.807, 2.05) is 29.2 Å². The van der Waals surface area contributed by atoms with Gasteiger partial charge in [0.2, 0.25) is 0 Å². The summed E-state index contributed by atoms with van der Waals surface area (Å²) < 4.78 is 5.13. The number of nitrogens with one attached hydrogen (secondary N) is 1. The maximum Gasteiger partial charge on any atom is 0.322 e. The number of para-hydroxylation sites is 1. The number of hydrogen-bond donors (Lipinski definition) is 1. The highest BCUT2D eigenvalue weighted by molar-refractivity contribution is 5.94. The Morgan fingerprint density at radius 1 is 1.26 bits per heavy atom. The van der Waals surface area contributed by atoms with E-state index in [1.54, 1.807) is 6.92 Å². The number of anilines is 1. The Morgan fingerprint density at radius 2 is 2.00 bits per heavy atom. The van der Waals surface area contributed by atoms with Gasteiger partial charge in [-0.2, -0.15) is 0 Å². The zero-order valence-corrected chi connectivity index (χ0v) is 13.6. The lowest BCUT2D eigenvalue weighted by Gasteiger charge is -2.43. The fraction of sp³-hybridized carbons (Fsp3) is 0.556. The molecule has 5 nitrogen and oxygen atoms in total. The van der Waals surface area contributed by atoms with Crippen molar-refractivity contribution < 1.29 is 14.3 Å². The molecule has 0 spiro atoms. The lowest BCUT2D eigenvalue weighted by molar-refractivity contribution is -0.144. The van der Waals surface area contributed by atoms with Crippen molar-refractivity contribution in [3.05, 3.63) is 29.8 Å². The molecule has 1 aromatic carbocycles. The number of amides is 2. The highest BCUT2D eigenvalue weighted by Gasteiger charge is 2.38. The van der Waals surface area contributed by atoms with Crippen molar-refractivity contribution in [2.75, 3.05) is 11.9 Å². The predicted molar refractivity (Wildman–Crippen MR) is 88.2 cm³/mol. The van der Waals surface area contributed by atoms with Crippen LogP contribution < -0.4 is 5.32 Å². The van der Waals surface area contributed by atoms with E-state index in [-0.39, 0.29) is 30.5 Å². The molecule has 1 fully saturated rings. The lowest BCUT2D eigenvalue weighted by Crippen LogP contribution is -2.49. The zero-order valence-electron chi connectivity index (χ0n) is 13.6. The van der Waals surface area contributed by atoms with Crippen LogP contribution in [0.25, 0.3) is 0 Å². The standard InChI is InChI=1S/C18H24N2O3/c1-2-23-17(21)12-16-14-10-6-7-11-15(14)19-18(22)20(16)13-8-4-3-5-9-13/h6-7,10-11,13,16H,2-5,8-9,12H2,1H3,(H,19,22). The van der Waals surface area contributed by atoms with E-state index in [1.165, 1.54) is 6.42 Å². The van der Waals surface area contributed by atoms with Gasteiger partial charge in [0.15, 0.2) is 0 Å². The van der Waals surface area contributed by atoms with Crippen LogP contribution in [0.15, 0.2) is 24.3 Å². The minimum absolute atomic E-state index is 0.0927. The molecule has 2 amide bonds. The molecule has 1 atom stereocenters. The van der Waals surface area contributed by atoms with Crippen molar-refractivity contribution in [1.29, 1.82) is 0 Å². The molecule has 5 heteroatoms. The first kappa shape index (κ1) is 15.8. The molecule has 1 aliphatic carbocycles. The van der Waals surface area contributed by atoms with Crippen molar-refractivity contribution >= 4 is 17.7 Å². The maximum atomic E-state index is 12.7. The molecule has 0 aromatic heterocycles. The van der Waals surface area contributed by atoms with Crippen molar-refractivity contribution in [3.63, 3.8) is 0 Å². The van der Waals surface area contributed by atoms with Gasteiger partial charge in [-0.25, -0.2) is 4.79 Å². The molecule has 0 saturated heterocycles. The van der Waals surface area contributed by atoms with Crippen LogP contribution in [0, 0.1) is 0 Å². The van der Waals surface area contributed by atoms with E-state index in [0.717, 1.165) is 36.9 Å². The van der Waals surface area contributed by atoms with Crippen LogP contribution in [0.2, 0.25) is 0 Å². The van der Waals surface area contributed by atoms with Gasteiger partial charge in [0.05, 0.1) is 19.1 Å². The molecule has 1 aromatic rings. The number of nitrogens with zero attached hydrogens (tertiary/aromatic N) is 1. The third kappa shape index (κ3) is 3.33. The second-order valence-electron chi connectivity index (χ2n) is 6.24. The summed E-state index contributed by atoms with van der Waals surface area (Å²) >= 11 is 0. The van der Waals surface area contributed by atoms with Crippen molar-refractivity contribution in [2.24, 2.45) is 0 Å². The molecule has 1 saturated carbocycles. The summed E-state index contributed by atoms with van der Waals surface area (Å²) in [6.07, 6.45) is 5.74. The molecule has 2 aliphatic rings. The second-order valence-corrected chi connectivity index (χ2v) is 6.24. The van der Waals surface area contributed by atoms with Gasteiger partial charge in [0, 0.05) is 11.7 Å². The molecule has 1 unspecified atom stereocenters. The Labute approximate surface area is 137 Å². The van der Waals surface area contributed by atoms with Crippen molar-refractivity contribution in [2.45, 2.75) is 57.5 Å². The highest BCUT2D eigenvalue weighted by Crippen LogP contribution is 2.39. The number of hydrogen-bond acceptors (Lipinski definition) is 3. The number of esters is 1. The SMILES string of the molecule is CCOC(=O)CC1c2ccccc2NC(=O)N1C1CCCCC1. The van der Waals surface area contributed by atoms with Gasteiger partial charge >= 0.3 is 12.0 Å². The first-order valence-corrected chi connectivity index (χ1v) is 8.54. The molecular formula is C18H24N2O3.